The van der Waals surface area contributed by atoms with E-state index in [9.17, 15) is 4.79 Å². The van der Waals surface area contributed by atoms with E-state index in [2.05, 4.69) is 15.1 Å². The fraction of sp³-hybridized carbons (Fsp3) is 0.167. The van der Waals surface area contributed by atoms with Crippen molar-refractivity contribution >= 4 is 11.0 Å². The summed E-state index contributed by atoms with van der Waals surface area (Å²) in [7, 11) is 0. The molecule has 0 fully saturated rings. The van der Waals surface area contributed by atoms with Gasteiger partial charge in [0.1, 0.15) is 0 Å². The van der Waals surface area contributed by atoms with Crippen LogP contribution in [0.5, 0.6) is 0 Å². The molecular formula is C18H16N4O2. The number of nitrogens with zero attached hydrogens (tertiary/aromatic N) is 3. The Morgan fingerprint density at radius 1 is 1.12 bits per heavy atom. The number of aromatic nitrogens is 4. The predicted octanol–water partition coefficient (Wildman–Crippen LogP) is 3.37. The molecule has 0 spiro atoms. The lowest BCUT2D eigenvalue weighted by Gasteiger charge is -1.98. The summed E-state index contributed by atoms with van der Waals surface area (Å²) in [5.74, 6) is 0.974. The van der Waals surface area contributed by atoms with Crippen molar-refractivity contribution in [1.29, 1.82) is 0 Å². The van der Waals surface area contributed by atoms with E-state index >= 15 is 0 Å². The van der Waals surface area contributed by atoms with Crippen molar-refractivity contribution in [3.05, 3.63) is 58.5 Å². The minimum absolute atomic E-state index is 0.113. The van der Waals surface area contributed by atoms with Gasteiger partial charge in [-0.3, -0.25) is 4.57 Å². The van der Waals surface area contributed by atoms with Crippen LogP contribution in [0.1, 0.15) is 12.5 Å². The minimum atomic E-state index is -0.113. The summed E-state index contributed by atoms with van der Waals surface area (Å²) >= 11 is 0. The van der Waals surface area contributed by atoms with E-state index < -0.39 is 0 Å². The number of imidazole rings is 1. The van der Waals surface area contributed by atoms with Gasteiger partial charge in [-0.15, -0.1) is 0 Å². The third-order valence-electron chi connectivity index (χ3n) is 4.07. The lowest BCUT2D eigenvalue weighted by molar-refractivity contribution is 0.432. The Bertz CT molecular complexity index is 1070. The molecule has 4 rings (SSSR count). The van der Waals surface area contributed by atoms with Gasteiger partial charge in [0.15, 0.2) is 0 Å². The van der Waals surface area contributed by atoms with Gasteiger partial charge in [-0.25, -0.2) is 4.79 Å². The maximum absolute atomic E-state index is 11.9. The highest BCUT2D eigenvalue weighted by Gasteiger charge is 2.12. The van der Waals surface area contributed by atoms with Gasteiger partial charge in [-0.1, -0.05) is 22.9 Å². The average Bonchev–Trinajstić information content (AvgIpc) is 3.18. The van der Waals surface area contributed by atoms with Gasteiger partial charge in [0, 0.05) is 17.7 Å². The van der Waals surface area contributed by atoms with Crippen molar-refractivity contribution in [3.8, 4) is 22.8 Å². The molecule has 0 aliphatic carbocycles. The Morgan fingerprint density at radius 2 is 1.88 bits per heavy atom. The standard InChI is InChI=1S/C18H16N4O2/c1-3-22-15-9-8-13(10-14(15)19-18(22)23)16-20-17(24-21-16)12-6-4-11(2)5-7-12/h4-10H,3H2,1-2H3,(H,19,23). The van der Waals surface area contributed by atoms with Gasteiger partial charge < -0.3 is 9.51 Å². The first-order valence-corrected chi connectivity index (χ1v) is 7.79. The molecule has 1 N–H and O–H groups in total. The van der Waals surface area contributed by atoms with Crippen LogP contribution >= 0.6 is 0 Å². The van der Waals surface area contributed by atoms with E-state index in [1.54, 1.807) is 4.57 Å². The molecular weight excluding hydrogens is 304 g/mol. The third-order valence-corrected chi connectivity index (χ3v) is 4.07. The molecule has 0 bridgehead atoms. The largest absolute Gasteiger partial charge is 0.334 e. The number of rotatable bonds is 3. The molecule has 0 aliphatic rings. The molecule has 24 heavy (non-hydrogen) atoms. The number of aryl methyl sites for hydroxylation is 2. The highest BCUT2D eigenvalue weighted by Crippen LogP contribution is 2.24. The van der Waals surface area contributed by atoms with Crippen LogP contribution in [0.2, 0.25) is 0 Å². The van der Waals surface area contributed by atoms with E-state index in [0.717, 1.165) is 22.2 Å². The zero-order valence-electron chi connectivity index (χ0n) is 13.4. The van der Waals surface area contributed by atoms with Crippen molar-refractivity contribution in [3.63, 3.8) is 0 Å². The van der Waals surface area contributed by atoms with Gasteiger partial charge in [0.25, 0.3) is 5.89 Å². The Labute approximate surface area is 137 Å². The van der Waals surface area contributed by atoms with E-state index in [0.29, 0.717) is 18.3 Å². The van der Waals surface area contributed by atoms with Crippen molar-refractivity contribution in [2.24, 2.45) is 0 Å². The molecule has 6 heteroatoms. The smallest absolute Gasteiger partial charge is 0.326 e. The summed E-state index contributed by atoms with van der Waals surface area (Å²) < 4.78 is 7.06. The molecule has 0 saturated heterocycles. The molecule has 2 heterocycles. The summed E-state index contributed by atoms with van der Waals surface area (Å²) in [4.78, 5) is 19.2. The summed E-state index contributed by atoms with van der Waals surface area (Å²) in [6.07, 6.45) is 0. The van der Waals surface area contributed by atoms with Crippen LogP contribution in [0, 0.1) is 6.92 Å². The van der Waals surface area contributed by atoms with Gasteiger partial charge in [0.2, 0.25) is 5.82 Å². The van der Waals surface area contributed by atoms with Gasteiger partial charge >= 0.3 is 5.69 Å². The van der Waals surface area contributed by atoms with Gasteiger partial charge in [-0.2, -0.15) is 4.98 Å². The second-order valence-electron chi connectivity index (χ2n) is 5.70. The van der Waals surface area contributed by atoms with Crippen LogP contribution in [-0.4, -0.2) is 19.7 Å². The minimum Gasteiger partial charge on any atom is -0.334 e. The van der Waals surface area contributed by atoms with Crippen molar-refractivity contribution in [2.75, 3.05) is 0 Å². The van der Waals surface area contributed by atoms with E-state index in [1.165, 1.54) is 5.56 Å². The van der Waals surface area contributed by atoms with Crippen molar-refractivity contribution in [2.45, 2.75) is 20.4 Å². The van der Waals surface area contributed by atoms with Crippen LogP contribution < -0.4 is 5.69 Å². The second kappa shape index (κ2) is 5.49. The predicted molar refractivity (Wildman–Crippen MR) is 91.7 cm³/mol. The monoisotopic (exact) mass is 320 g/mol. The first kappa shape index (κ1) is 14.4. The number of fused-ring (bicyclic) bond motifs is 1. The molecule has 0 amide bonds. The summed E-state index contributed by atoms with van der Waals surface area (Å²) in [6, 6.07) is 13.6. The topological polar surface area (TPSA) is 76.7 Å². The van der Waals surface area contributed by atoms with E-state index in [-0.39, 0.29) is 5.69 Å². The lowest BCUT2D eigenvalue weighted by atomic mass is 10.1. The molecule has 4 aromatic rings. The fourth-order valence-corrected chi connectivity index (χ4v) is 2.77. The normalized spacial score (nSPS) is 11.2. The molecule has 2 aromatic carbocycles. The lowest BCUT2D eigenvalue weighted by Crippen LogP contribution is -2.14. The zero-order valence-corrected chi connectivity index (χ0v) is 13.4. The quantitative estimate of drug-likeness (QED) is 0.628. The maximum Gasteiger partial charge on any atom is 0.326 e. The highest BCUT2D eigenvalue weighted by molar-refractivity contribution is 5.80. The Hall–Kier alpha value is -3.15. The van der Waals surface area contributed by atoms with E-state index in [4.69, 9.17) is 4.52 Å². The van der Waals surface area contributed by atoms with Crippen LogP contribution in [0.25, 0.3) is 33.9 Å². The Kier molecular flexibility index (Phi) is 3.30. The van der Waals surface area contributed by atoms with Gasteiger partial charge in [0.05, 0.1) is 11.0 Å². The van der Waals surface area contributed by atoms with Crippen LogP contribution in [0.15, 0.2) is 51.8 Å². The molecule has 2 aromatic heterocycles. The second-order valence-corrected chi connectivity index (χ2v) is 5.70. The molecule has 0 atom stereocenters. The van der Waals surface area contributed by atoms with Crippen LogP contribution in [0.4, 0.5) is 0 Å². The fourth-order valence-electron chi connectivity index (χ4n) is 2.77. The third kappa shape index (κ3) is 2.32. The summed E-state index contributed by atoms with van der Waals surface area (Å²) in [6.45, 7) is 4.59. The maximum atomic E-state index is 11.9. The van der Waals surface area contributed by atoms with E-state index in [1.807, 2.05) is 56.3 Å². The molecule has 0 aliphatic heterocycles. The first-order chi connectivity index (χ1) is 11.7. The van der Waals surface area contributed by atoms with Crippen LogP contribution in [0.3, 0.4) is 0 Å². The highest BCUT2D eigenvalue weighted by atomic mass is 16.5. The molecule has 0 radical (unpaired) electrons. The number of nitrogens with one attached hydrogen (secondary N) is 1. The first-order valence-electron chi connectivity index (χ1n) is 7.79. The molecule has 120 valence electrons. The van der Waals surface area contributed by atoms with Crippen molar-refractivity contribution in [1.82, 2.24) is 19.7 Å². The Morgan fingerprint density at radius 3 is 2.62 bits per heavy atom. The zero-order chi connectivity index (χ0) is 16.7. The Balaban J connectivity index is 1.75. The number of aromatic amines is 1. The van der Waals surface area contributed by atoms with Gasteiger partial charge in [-0.05, 0) is 44.2 Å². The SMILES string of the molecule is CCn1c(=O)[nH]c2cc(-c3noc(-c4ccc(C)cc4)n3)ccc21. The average molecular weight is 320 g/mol. The molecule has 0 unspecified atom stereocenters. The number of hydrogen-bond acceptors (Lipinski definition) is 4. The summed E-state index contributed by atoms with van der Waals surface area (Å²) in [5.41, 5.74) is 4.38. The summed E-state index contributed by atoms with van der Waals surface area (Å²) in [5, 5.41) is 4.06. The van der Waals surface area contributed by atoms with Crippen LogP contribution in [-0.2, 0) is 6.54 Å². The van der Waals surface area contributed by atoms with Crippen molar-refractivity contribution < 1.29 is 4.52 Å². The molecule has 6 nitrogen and oxygen atoms in total. The number of hydrogen-bond donors (Lipinski definition) is 1. The number of H-pyrrole nitrogens is 1. The number of benzene rings is 2. The molecule has 0 saturated carbocycles.